The fourth-order valence-electron chi connectivity index (χ4n) is 5.74. The van der Waals surface area contributed by atoms with E-state index in [9.17, 15) is 14.4 Å². The molecule has 0 bridgehead atoms. The Hall–Kier alpha value is -1.59. The lowest BCUT2D eigenvalue weighted by atomic mass is 10.0. The van der Waals surface area contributed by atoms with Crippen LogP contribution in [0.4, 0.5) is 0 Å². The fraction of sp³-hybridized carbons (Fsp3) is 0.925. The van der Waals surface area contributed by atoms with Crippen molar-refractivity contribution in [2.45, 2.75) is 220 Å². The number of hydrogen-bond acceptors (Lipinski definition) is 6. The second-order valence-electron chi connectivity index (χ2n) is 14.0. The van der Waals surface area contributed by atoms with E-state index in [0.29, 0.717) is 19.3 Å². The van der Waals surface area contributed by atoms with Gasteiger partial charge in [-0.25, -0.2) is 0 Å². The van der Waals surface area contributed by atoms with Gasteiger partial charge in [0.2, 0.25) is 0 Å². The Balaban J connectivity index is 4.30. The van der Waals surface area contributed by atoms with Crippen molar-refractivity contribution >= 4 is 17.9 Å². The first-order chi connectivity index (χ1) is 22.4. The molecule has 46 heavy (non-hydrogen) atoms. The maximum Gasteiger partial charge on any atom is 0.306 e. The predicted molar refractivity (Wildman–Crippen MR) is 192 cm³/mol. The minimum absolute atomic E-state index is 0.0658. The molecule has 0 N–H and O–H groups in total. The third kappa shape index (κ3) is 33.8. The van der Waals surface area contributed by atoms with Gasteiger partial charge in [0.05, 0.1) is 0 Å². The van der Waals surface area contributed by atoms with Gasteiger partial charge in [-0.2, -0.15) is 0 Å². The lowest BCUT2D eigenvalue weighted by molar-refractivity contribution is -0.167. The molecular formula is C40H76O6. The first-order valence-corrected chi connectivity index (χ1v) is 19.9. The summed E-state index contributed by atoms with van der Waals surface area (Å²) in [5.41, 5.74) is 0. The molecule has 0 radical (unpaired) electrons. The summed E-state index contributed by atoms with van der Waals surface area (Å²) in [4.78, 5) is 37.3. The first-order valence-electron chi connectivity index (χ1n) is 19.9. The summed E-state index contributed by atoms with van der Waals surface area (Å²) >= 11 is 0. The van der Waals surface area contributed by atoms with E-state index in [1.54, 1.807) is 0 Å². The van der Waals surface area contributed by atoms with Crippen molar-refractivity contribution in [2.75, 3.05) is 13.2 Å². The van der Waals surface area contributed by atoms with Gasteiger partial charge in [-0.3, -0.25) is 14.4 Å². The summed E-state index contributed by atoms with van der Waals surface area (Å²) in [5, 5.41) is 0. The zero-order valence-corrected chi connectivity index (χ0v) is 31.0. The van der Waals surface area contributed by atoms with Gasteiger partial charge in [0, 0.05) is 19.3 Å². The Labute approximate surface area is 285 Å². The Kier molecular flexibility index (Phi) is 33.5. The monoisotopic (exact) mass is 653 g/mol. The third-order valence-electron chi connectivity index (χ3n) is 8.79. The molecule has 0 aromatic carbocycles. The highest BCUT2D eigenvalue weighted by Crippen LogP contribution is 2.15. The first kappa shape index (κ1) is 44.4. The van der Waals surface area contributed by atoms with Crippen LogP contribution < -0.4 is 0 Å². The minimum Gasteiger partial charge on any atom is -0.462 e. The molecule has 0 spiro atoms. The number of rotatable bonds is 35. The van der Waals surface area contributed by atoms with E-state index in [1.807, 2.05) is 0 Å². The summed E-state index contributed by atoms with van der Waals surface area (Å²) in [6.45, 7) is 8.87. The molecule has 0 aliphatic rings. The van der Waals surface area contributed by atoms with Crippen LogP contribution >= 0.6 is 0 Å². The maximum atomic E-state index is 12.5. The highest BCUT2D eigenvalue weighted by molar-refractivity contribution is 5.71. The third-order valence-corrected chi connectivity index (χ3v) is 8.79. The lowest BCUT2D eigenvalue weighted by Gasteiger charge is -2.18. The van der Waals surface area contributed by atoms with Crippen LogP contribution in [0, 0.1) is 5.92 Å². The van der Waals surface area contributed by atoms with Crippen LogP contribution in [0.15, 0.2) is 0 Å². The Morgan fingerprint density at radius 3 is 1.07 bits per heavy atom. The fourth-order valence-corrected chi connectivity index (χ4v) is 5.74. The smallest absolute Gasteiger partial charge is 0.306 e. The van der Waals surface area contributed by atoms with Crippen molar-refractivity contribution in [3.63, 3.8) is 0 Å². The molecule has 0 amide bonds. The van der Waals surface area contributed by atoms with E-state index in [4.69, 9.17) is 14.2 Å². The summed E-state index contributed by atoms with van der Waals surface area (Å²) in [6, 6.07) is 0. The van der Waals surface area contributed by atoms with Crippen LogP contribution in [0.25, 0.3) is 0 Å². The molecule has 0 aliphatic carbocycles. The van der Waals surface area contributed by atoms with Crippen molar-refractivity contribution in [3.05, 3.63) is 0 Å². The maximum absolute atomic E-state index is 12.5. The molecule has 0 aromatic heterocycles. The second-order valence-corrected chi connectivity index (χ2v) is 14.0. The number of carbonyl (C=O) groups is 3. The summed E-state index contributed by atoms with van der Waals surface area (Å²) < 4.78 is 16.6. The summed E-state index contributed by atoms with van der Waals surface area (Å²) in [5.74, 6) is -0.0909. The van der Waals surface area contributed by atoms with Crippen molar-refractivity contribution in [3.8, 4) is 0 Å². The molecule has 6 nitrogen and oxygen atoms in total. The number of ether oxygens (including phenoxy) is 3. The zero-order valence-electron chi connectivity index (χ0n) is 31.0. The number of hydrogen-bond donors (Lipinski definition) is 0. The van der Waals surface area contributed by atoms with E-state index in [-0.39, 0.29) is 31.1 Å². The van der Waals surface area contributed by atoms with E-state index < -0.39 is 6.10 Å². The van der Waals surface area contributed by atoms with Crippen LogP contribution in [0.3, 0.4) is 0 Å². The number of esters is 3. The van der Waals surface area contributed by atoms with Crippen molar-refractivity contribution in [1.82, 2.24) is 0 Å². The topological polar surface area (TPSA) is 78.9 Å². The van der Waals surface area contributed by atoms with Gasteiger partial charge < -0.3 is 14.2 Å². The highest BCUT2D eigenvalue weighted by atomic mass is 16.6. The average molecular weight is 653 g/mol. The highest BCUT2D eigenvalue weighted by Gasteiger charge is 2.19. The Morgan fingerprint density at radius 2 is 0.717 bits per heavy atom. The average Bonchev–Trinajstić information content (AvgIpc) is 3.03. The largest absolute Gasteiger partial charge is 0.462 e. The molecule has 0 unspecified atom stereocenters. The Bertz CT molecular complexity index is 691. The second kappa shape index (κ2) is 34.7. The van der Waals surface area contributed by atoms with Gasteiger partial charge in [-0.1, -0.05) is 175 Å². The van der Waals surface area contributed by atoms with Crippen LogP contribution in [0.5, 0.6) is 0 Å². The summed E-state index contributed by atoms with van der Waals surface area (Å²) in [7, 11) is 0. The molecule has 0 aromatic rings. The molecule has 0 aliphatic heterocycles. The van der Waals surface area contributed by atoms with Gasteiger partial charge in [0.1, 0.15) is 13.2 Å². The molecular weight excluding hydrogens is 576 g/mol. The van der Waals surface area contributed by atoms with Crippen LogP contribution in [-0.4, -0.2) is 37.2 Å². The number of unbranched alkanes of at least 4 members (excludes halogenated alkanes) is 22. The van der Waals surface area contributed by atoms with Crippen LogP contribution in [0.1, 0.15) is 214 Å². The van der Waals surface area contributed by atoms with E-state index in [0.717, 1.165) is 63.7 Å². The predicted octanol–water partition coefficient (Wildman–Crippen LogP) is 12.0. The molecule has 0 saturated carbocycles. The zero-order chi connectivity index (χ0) is 33.9. The van der Waals surface area contributed by atoms with Crippen molar-refractivity contribution in [1.29, 1.82) is 0 Å². The molecule has 272 valence electrons. The standard InChI is InChI=1S/C40H76O6/c1-5-7-9-11-13-14-15-16-20-23-27-31-38(41)44-34-37(46-40(43)33-29-25-18-12-10-8-6-2)35-45-39(42)32-28-24-21-17-19-22-26-30-36(3)4/h36-37H,5-35H2,1-4H3/t37-/m0/s1. The van der Waals surface area contributed by atoms with Gasteiger partial charge in [-0.05, 0) is 25.2 Å². The number of carbonyl (C=O) groups excluding carboxylic acids is 3. The lowest BCUT2D eigenvalue weighted by Crippen LogP contribution is -2.30. The van der Waals surface area contributed by atoms with Gasteiger partial charge in [0.15, 0.2) is 6.10 Å². The molecule has 6 heteroatoms. The quantitative estimate of drug-likeness (QED) is 0.0385. The normalized spacial score (nSPS) is 11.9. The SMILES string of the molecule is CCCCCCCCCCCCCC(=O)OC[C@@H](COC(=O)CCCCCCCCCC(C)C)OC(=O)CCCCCCCCC. The van der Waals surface area contributed by atoms with Gasteiger partial charge in [0.25, 0.3) is 0 Å². The molecule has 0 rings (SSSR count). The van der Waals surface area contributed by atoms with Gasteiger partial charge >= 0.3 is 17.9 Å². The van der Waals surface area contributed by atoms with Crippen molar-refractivity contribution < 1.29 is 28.6 Å². The molecule has 0 saturated heterocycles. The molecule has 1 atom stereocenters. The molecule has 0 heterocycles. The minimum atomic E-state index is -0.756. The van der Waals surface area contributed by atoms with E-state index >= 15 is 0 Å². The summed E-state index contributed by atoms with van der Waals surface area (Å²) in [6.07, 6.45) is 31.0. The van der Waals surface area contributed by atoms with E-state index in [1.165, 1.54) is 109 Å². The Morgan fingerprint density at radius 1 is 0.413 bits per heavy atom. The van der Waals surface area contributed by atoms with E-state index in [2.05, 4.69) is 27.7 Å². The van der Waals surface area contributed by atoms with Crippen molar-refractivity contribution in [2.24, 2.45) is 5.92 Å². The van der Waals surface area contributed by atoms with Crippen LogP contribution in [-0.2, 0) is 28.6 Å². The molecule has 0 fully saturated rings. The van der Waals surface area contributed by atoms with Crippen LogP contribution in [0.2, 0.25) is 0 Å². The van der Waals surface area contributed by atoms with Gasteiger partial charge in [-0.15, -0.1) is 0 Å².